The summed E-state index contributed by atoms with van der Waals surface area (Å²) in [5.74, 6) is 5.20. The molecule has 0 aliphatic carbocycles. The highest BCUT2D eigenvalue weighted by molar-refractivity contribution is 7.13. The number of hydrogen-bond acceptors (Lipinski definition) is 4. The van der Waals surface area contributed by atoms with E-state index < -0.39 is 0 Å². The standard InChI is InChI=1S/C8H9N3OS/c1-3-4-5-9-7(12)8-11-10-6(2)13-8/h5H2,1-2H3,(H,9,12). The van der Waals surface area contributed by atoms with Crippen LogP contribution < -0.4 is 5.32 Å². The summed E-state index contributed by atoms with van der Waals surface area (Å²) in [7, 11) is 0. The summed E-state index contributed by atoms with van der Waals surface area (Å²) in [5.41, 5.74) is 0. The Bertz CT molecular complexity index is 361. The molecule has 0 atom stereocenters. The van der Waals surface area contributed by atoms with Crippen LogP contribution in [0.3, 0.4) is 0 Å². The molecular weight excluding hydrogens is 186 g/mol. The molecule has 1 aromatic rings. The number of nitrogens with zero attached hydrogens (tertiary/aromatic N) is 2. The van der Waals surface area contributed by atoms with Crippen LogP contribution in [0.15, 0.2) is 0 Å². The van der Waals surface area contributed by atoms with Crippen LogP contribution in [0.2, 0.25) is 0 Å². The zero-order chi connectivity index (χ0) is 9.68. The van der Waals surface area contributed by atoms with Crippen LogP contribution in [0.4, 0.5) is 0 Å². The second kappa shape index (κ2) is 4.58. The quantitative estimate of drug-likeness (QED) is 0.703. The minimum absolute atomic E-state index is 0.214. The topological polar surface area (TPSA) is 54.9 Å². The van der Waals surface area contributed by atoms with Crippen LogP contribution in [-0.2, 0) is 0 Å². The van der Waals surface area contributed by atoms with E-state index in [2.05, 4.69) is 27.4 Å². The first kappa shape index (κ1) is 9.68. The first-order chi connectivity index (χ1) is 6.24. The van der Waals surface area contributed by atoms with Gasteiger partial charge in [-0.2, -0.15) is 0 Å². The monoisotopic (exact) mass is 195 g/mol. The Morgan fingerprint density at radius 2 is 2.38 bits per heavy atom. The normalized spacial score (nSPS) is 8.77. The Morgan fingerprint density at radius 1 is 1.62 bits per heavy atom. The van der Waals surface area contributed by atoms with Crippen LogP contribution in [0.1, 0.15) is 21.7 Å². The van der Waals surface area contributed by atoms with Gasteiger partial charge in [-0.1, -0.05) is 17.3 Å². The Balaban J connectivity index is 2.52. The van der Waals surface area contributed by atoms with Gasteiger partial charge in [0, 0.05) is 0 Å². The van der Waals surface area contributed by atoms with Crippen LogP contribution in [-0.4, -0.2) is 22.6 Å². The summed E-state index contributed by atoms with van der Waals surface area (Å²) < 4.78 is 0. The largest absolute Gasteiger partial charge is 0.339 e. The second-order valence-corrected chi connectivity index (χ2v) is 3.42. The first-order valence-corrected chi connectivity index (χ1v) is 4.53. The van der Waals surface area contributed by atoms with Crippen molar-refractivity contribution in [2.45, 2.75) is 13.8 Å². The lowest BCUT2D eigenvalue weighted by Gasteiger charge is -1.93. The third-order valence-corrected chi connectivity index (χ3v) is 2.07. The highest BCUT2D eigenvalue weighted by Crippen LogP contribution is 2.06. The number of aryl methyl sites for hydroxylation is 1. The van der Waals surface area contributed by atoms with E-state index in [1.54, 1.807) is 13.8 Å². The fourth-order valence-corrected chi connectivity index (χ4v) is 1.28. The molecule has 1 aromatic heterocycles. The summed E-state index contributed by atoms with van der Waals surface area (Å²) in [4.78, 5) is 11.3. The summed E-state index contributed by atoms with van der Waals surface area (Å²) in [6, 6.07) is 0. The summed E-state index contributed by atoms with van der Waals surface area (Å²) in [6.07, 6.45) is 0. The molecular formula is C8H9N3OS. The zero-order valence-electron chi connectivity index (χ0n) is 7.42. The van der Waals surface area contributed by atoms with Gasteiger partial charge in [0.2, 0.25) is 5.01 Å². The summed E-state index contributed by atoms with van der Waals surface area (Å²) in [6.45, 7) is 3.88. The first-order valence-electron chi connectivity index (χ1n) is 3.72. The molecule has 4 nitrogen and oxygen atoms in total. The number of aromatic nitrogens is 2. The summed E-state index contributed by atoms with van der Waals surface area (Å²) in [5, 5.41) is 11.2. The second-order valence-electron chi connectivity index (χ2n) is 2.24. The lowest BCUT2D eigenvalue weighted by atomic mass is 10.5. The van der Waals surface area contributed by atoms with Crippen LogP contribution >= 0.6 is 11.3 Å². The highest BCUT2D eigenvalue weighted by Gasteiger charge is 2.08. The van der Waals surface area contributed by atoms with Gasteiger partial charge in [-0.15, -0.1) is 16.1 Å². The maximum atomic E-state index is 11.3. The van der Waals surface area contributed by atoms with E-state index in [0.717, 1.165) is 5.01 Å². The van der Waals surface area contributed by atoms with Gasteiger partial charge in [0.25, 0.3) is 5.91 Å². The Kier molecular flexibility index (Phi) is 3.41. The minimum Gasteiger partial charge on any atom is -0.339 e. The maximum Gasteiger partial charge on any atom is 0.283 e. The van der Waals surface area contributed by atoms with Gasteiger partial charge >= 0.3 is 0 Å². The molecule has 13 heavy (non-hydrogen) atoms. The van der Waals surface area contributed by atoms with E-state index >= 15 is 0 Å². The fourth-order valence-electron chi connectivity index (χ4n) is 0.677. The molecule has 0 radical (unpaired) electrons. The number of rotatable bonds is 2. The molecule has 0 aromatic carbocycles. The number of carbonyl (C=O) groups is 1. The van der Waals surface area contributed by atoms with Crippen molar-refractivity contribution in [3.05, 3.63) is 10.0 Å². The Hall–Kier alpha value is -1.41. The number of amides is 1. The maximum absolute atomic E-state index is 11.3. The molecule has 1 amide bonds. The van der Waals surface area contributed by atoms with E-state index in [4.69, 9.17) is 0 Å². The van der Waals surface area contributed by atoms with Crippen LogP contribution in [0.5, 0.6) is 0 Å². The van der Waals surface area contributed by atoms with Gasteiger partial charge in [0.15, 0.2) is 0 Å². The molecule has 0 unspecified atom stereocenters. The minimum atomic E-state index is -0.214. The molecule has 1 rings (SSSR count). The third kappa shape index (κ3) is 2.84. The van der Waals surface area contributed by atoms with Crippen molar-refractivity contribution in [3.8, 4) is 11.8 Å². The molecule has 0 saturated heterocycles. The van der Waals surface area contributed by atoms with Crippen LogP contribution in [0.25, 0.3) is 0 Å². The fraction of sp³-hybridized carbons (Fsp3) is 0.375. The predicted molar refractivity (Wildman–Crippen MR) is 50.4 cm³/mol. The van der Waals surface area contributed by atoms with Crippen molar-refractivity contribution in [3.63, 3.8) is 0 Å². The lowest BCUT2D eigenvalue weighted by molar-refractivity contribution is 0.0957. The molecule has 0 saturated carbocycles. The van der Waals surface area contributed by atoms with Gasteiger partial charge in [0.1, 0.15) is 5.01 Å². The molecule has 1 N–H and O–H groups in total. The van der Waals surface area contributed by atoms with Crippen LogP contribution in [0, 0.1) is 18.8 Å². The van der Waals surface area contributed by atoms with Crippen molar-refractivity contribution >= 4 is 17.2 Å². The number of carbonyl (C=O) groups excluding carboxylic acids is 1. The Morgan fingerprint density at radius 3 is 2.92 bits per heavy atom. The van der Waals surface area contributed by atoms with E-state index in [9.17, 15) is 4.79 Å². The van der Waals surface area contributed by atoms with Gasteiger partial charge in [-0.25, -0.2) is 0 Å². The van der Waals surface area contributed by atoms with Crippen molar-refractivity contribution in [1.29, 1.82) is 0 Å². The smallest absolute Gasteiger partial charge is 0.283 e. The predicted octanol–water partition coefficient (Wildman–Crippen LogP) is 0.600. The third-order valence-electron chi connectivity index (χ3n) is 1.23. The lowest BCUT2D eigenvalue weighted by Crippen LogP contribution is -2.23. The van der Waals surface area contributed by atoms with Gasteiger partial charge in [-0.3, -0.25) is 4.79 Å². The average molecular weight is 195 g/mol. The molecule has 5 heteroatoms. The number of nitrogens with one attached hydrogen (secondary N) is 1. The van der Waals surface area contributed by atoms with Gasteiger partial charge in [0.05, 0.1) is 6.54 Å². The van der Waals surface area contributed by atoms with Crippen molar-refractivity contribution in [2.24, 2.45) is 0 Å². The molecule has 1 heterocycles. The van der Waals surface area contributed by atoms with E-state index in [1.807, 2.05) is 0 Å². The molecule has 0 aliphatic rings. The molecule has 68 valence electrons. The van der Waals surface area contributed by atoms with Crippen molar-refractivity contribution < 1.29 is 4.79 Å². The molecule has 0 spiro atoms. The number of hydrogen-bond donors (Lipinski definition) is 1. The summed E-state index contributed by atoms with van der Waals surface area (Å²) >= 11 is 1.27. The average Bonchev–Trinajstić information content (AvgIpc) is 2.52. The van der Waals surface area contributed by atoms with E-state index in [1.165, 1.54) is 11.3 Å². The Labute approximate surface area is 80.4 Å². The zero-order valence-corrected chi connectivity index (χ0v) is 8.23. The molecule has 0 fully saturated rings. The van der Waals surface area contributed by atoms with E-state index in [0.29, 0.717) is 11.6 Å². The SMILES string of the molecule is CC#CCNC(=O)c1nnc(C)s1. The molecule has 0 bridgehead atoms. The van der Waals surface area contributed by atoms with E-state index in [-0.39, 0.29) is 5.91 Å². The van der Waals surface area contributed by atoms with Crippen molar-refractivity contribution in [1.82, 2.24) is 15.5 Å². The highest BCUT2D eigenvalue weighted by atomic mass is 32.1. The van der Waals surface area contributed by atoms with Crippen molar-refractivity contribution in [2.75, 3.05) is 6.54 Å². The van der Waals surface area contributed by atoms with Gasteiger partial charge < -0.3 is 5.32 Å². The molecule has 0 aliphatic heterocycles. The van der Waals surface area contributed by atoms with Gasteiger partial charge in [-0.05, 0) is 13.8 Å².